The van der Waals surface area contributed by atoms with Crippen molar-refractivity contribution in [2.75, 3.05) is 13.2 Å². The van der Waals surface area contributed by atoms with Gasteiger partial charge < -0.3 is 19.9 Å². The third-order valence-electron chi connectivity index (χ3n) is 3.38. The van der Waals surface area contributed by atoms with Gasteiger partial charge in [-0.3, -0.25) is 0 Å². The van der Waals surface area contributed by atoms with Gasteiger partial charge in [0.05, 0.1) is 12.7 Å². The lowest BCUT2D eigenvalue weighted by Crippen LogP contribution is -2.23. The fourth-order valence-corrected chi connectivity index (χ4v) is 2.34. The summed E-state index contributed by atoms with van der Waals surface area (Å²) >= 11 is 5.89. The molecule has 138 valence electrons. The Kier molecular flexibility index (Phi) is 9.68. The fourth-order valence-electron chi connectivity index (χ4n) is 2.22. The summed E-state index contributed by atoms with van der Waals surface area (Å²) < 4.78 is 11.6. The SMILES string of the molecule is CCOc1cc(CNCC(C)O)ccc1OCc1ccc(Cl)cc1.Cl. The largest absolute Gasteiger partial charge is 0.490 e. The Morgan fingerprint density at radius 1 is 1.04 bits per heavy atom. The summed E-state index contributed by atoms with van der Waals surface area (Å²) in [6.45, 7) is 5.95. The van der Waals surface area contributed by atoms with E-state index < -0.39 is 0 Å². The van der Waals surface area contributed by atoms with Gasteiger partial charge in [0, 0.05) is 18.1 Å². The van der Waals surface area contributed by atoms with Crippen LogP contribution >= 0.6 is 24.0 Å². The number of hydrogen-bond donors (Lipinski definition) is 2. The van der Waals surface area contributed by atoms with Crippen LogP contribution in [0.1, 0.15) is 25.0 Å². The van der Waals surface area contributed by atoms with Crippen LogP contribution in [0.2, 0.25) is 5.02 Å². The molecule has 0 spiro atoms. The lowest BCUT2D eigenvalue weighted by atomic mass is 10.2. The third-order valence-corrected chi connectivity index (χ3v) is 3.64. The first kappa shape index (κ1) is 21.6. The van der Waals surface area contributed by atoms with Gasteiger partial charge in [0.25, 0.3) is 0 Å². The number of hydrogen-bond acceptors (Lipinski definition) is 4. The van der Waals surface area contributed by atoms with E-state index in [0.717, 1.165) is 16.9 Å². The second-order valence-electron chi connectivity index (χ2n) is 5.61. The van der Waals surface area contributed by atoms with Crippen LogP contribution in [-0.4, -0.2) is 24.4 Å². The van der Waals surface area contributed by atoms with Crippen LogP contribution in [0.25, 0.3) is 0 Å². The van der Waals surface area contributed by atoms with Crippen LogP contribution in [0.4, 0.5) is 0 Å². The number of aliphatic hydroxyl groups is 1. The van der Waals surface area contributed by atoms with Crippen molar-refractivity contribution in [1.29, 1.82) is 0 Å². The normalized spacial score (nSPS) is 11.5. The fraction of sp³-hybridized carbons (Fsp3) is 0.368. The maximum atomic E-state index is 9.29. The van der Waals surface area contributed by atoms with Gasteiger partial charge in [0.15, 0.2) is 11.5 Å². The predicted octanol–water partition coefficient (Wildman–Crippen LogP) is 4.21. The van der Waals surface area contributed by atoms with E-state index in [1.807, 2.05) is 49.4 Å². The summed E-state index contributed by atoms with van der Waals surface area (Å²) in [6.07, 6.45) is -0.363. The van der Waals surface area contributed by atoms with Gasteiger partial charge in [0.1, 0.15) is 6.61 Å². The molecule has 2 aromatic carbocycles. The van der Waals surface area contributed by atoms with Gasteiger partial charge >= 0.3 is 0 Å². The van der Waals surface area contributed by atoms with Crippen LogP contribution < -0.4 is 14.8 Å². The summed E-state index contributed by atoms with van der Waals surface area (Å²) in [7, 11) is 0. The molecule has 0 heterocycles. The zero-order chi connectivity index (χ0) is 17.4. The second kappa shape index (κ2) is 11.2. The minimum atomic E-state index is -0.363. The molecule has 25 heavy (non-hydrogen) atoms. The molecule has 4 nitrogen and oxygen atoms in total. The van der Waals surface area contributed by atoms with Crippen molar-refractivity contribution in [3.8, 4) is 11.5 Å². The molecule has 0 radical (unpaired) electrons. The standard InChI is InChI=1S/C19H24ClNO3.ClH/c1-3-23-19-10-16(12-21-11-14(2)22)6-9-18(19)24-13-15-4-7-17(20)8-5-15;/h4-10,14,21-22H,3,11-13H2,1-2H3;1H. The number of aliphatic hydroxyl groups excluding tert-OH is 1. The number of benzene rings is 2. The summed E-state index contributed by atoms with van der Waals surface area (Å²) in [5.41, 5.74) is 2.13. The molecule has 0 aliphatic heterocycles. The molecule has 0 amide bonds. The minimum absolute atomic E-state index is 0. The van der Waals surface area contributed by atoms with Crippen molar-refractivity contribution in [2.24, 2.45) is 0 Å². The molecule has 2 aromatic rings. The minimum Gasteiger partial charge on any atom is -0.490 e. The maximum absolute atomic E-state index is 9.29. The maximum Gasteiger partial charge on any atom is 0.161 e. The highest BCUT2D eigenvalue weighted by atomic mass is 35.5. The Bertz CT molecular complexity index is 633. The van der Waals surface area contributed by atoms with Crippen molar-refractivity contribution in [3.63, 3.8) is 0 Å². The Balaban J connectivity index is 0.00000312. The summed E-state index contributed by atoms with van der Waals surface area (Å²) in [5.74, 6) is 1.44. The Morgan fingerprint density at radius 3 is 2.36 bits per heavy atom. The van der Waals surface area contributed by atoms with E-state index in [-0.39, 0.29) is 18.5 Å². The van der Waals surface area contributed by atoms with E-state index >= 15 is 0 Å². The van der Waals surface area contributed by atoms with Crippen molar-refractivity contribution >= 4 is 24.0 Å². The second-order valence-corrected chi connectivity index (χ2v) is 6.05. The summed E-state index contributed by atoms with van der Waals surface area (Å²) in [6, 6.07) is 13.5. The lowest BCUT2D eigenvalue weighted by Gasteiger charge is -2.14. The van der Waals surface area contributed by atoms with Gasteiger partial charge in [-0.2, -0.15) is 0 Å². The molecule has 0 aliphatic carbocycles. The molecule has 6 heteroatoms. The van der Waals surface area contributed by atoms with E-state index in [1.165, 1.54) is 0 Å². The first-order valence-corrected chi connectivity index (χ1v) is 8.48. The molecule has 1 atom stereocenters. The van der Waals surface area contributed by atoms with Crippen molar-refractivity contribution in [3.05, 3.63) is 58.6 Å². The first-order chi connectivity index (χ1) is 11.6. The van der Waals surface area contributed by atoms with Gasteiger partial charge in [-0.05, 0) is 49.2 Å². The molecule has 0 fully saturated rings. The van der Waals surface area contributed by atoms with E-state index in [9.17, 15) is 5.11 Å². The smallest absolute Gasteiger partial charge is 0.161 e. The van der Waals surface area contributed by atoms with E-state index in [1.54, 1.807) is 6.92 Å². The highest BCUT2D eigenvalue weighted by molar-refractivity contribution is 6.30. The van der Waals surface area contributed by atoms with Crippen LogP contribution in [0.3, 0.4) is 0 Å². The number of rotatable bonds is 9. The quantitative estimate of drug-likeness (QED) is 0.678. The molecule has 0 saturated heterocycles. The van der Waals surface area contributed by atoms with Crippen molar-refractivity contribution in [2.45, 2.75) is 33.1 Å². The number of halogens is 2. The zero-order valence-electron chi connectivity index (χ0n) is 14.5. The average molecular weight is 386 g/mol. The van der Waals surface area contributed by atoms with E-state index in [0.29, 0.717) is 37.1 Å². The molecule has 2 rings (SSSR count). The van der Waals surface area contributed by atoms with Crippen molar-refractivity contribution in [1.82, 2.24) is 5.32 Å². The predicted molar refractivity (Wildman–Crippen MR) is 104 cm³/mol. The molecule has 1 unspecified atom stereocenters. The Hall–Kier alpha value is -1.46. The number of ether oxygens (including phenoxy) is 2. The highest BCUT2D eigenvalue weighted by Crippen LogP contribution is 2.29. The molecule has 0 bridgehead atoms. The topological polar surface area (TPSA) is 50.7 Å². The lowest BCUT2D eigenvalue weighted by molar-refractivity contribution is 0.191. The molecule has 2 N–H and O–H groups in total. The van der Waals surface area contributed by atoms with Crippen LogP contribution in [0.15, 0.2) is 42.5 Å². The Morgan fingerprint density at radius 2 is 1.72 bits per heavy atom. The number of nitrogens with one attached hydrogen (secondary N) is 1. The summed E-state index contributed by atoms with van der Waals surface area (Å²) in [5, 5.41) is 13.2. The van der Waals surface area contributed by atoms with Crippen LogP contribution in [0.5, 0.6) is 11.5 Å². The first-order valence-electron chi connectivity index (χ1n) is 8.10. The van der Waals surface area contributed by atoms with Gasteiger partial charge in [-0.25, -0.2) is 0 Å². The van der Waals surface area contributed by atoms with E-state index in [4.69, 9.17) is 21.1 Å². The van der Waals surface area contributed by atoms with E-state index in [2.05, 4.69) is 5.32 Å². The van der Waals surface area contributed by atoms with Crippen molar-refractivity contribution < 1.29 is 14.6 Å². The monoisotopic (exact) mass is 385 g/mol. The molecule has 0 saturated carbocycles. The Labute approximate surface area is 160 Å². The van der Waals surface area contributed by atoms with Gasteiger partial charge in [0.2, 0.25) is 0 Å². The third kappa shape index (κ3) is 7.53. The average Bonchev–Trinajstić information content (AvgIpc) is 2.55. The molecule has 0 aromatic heterocycles. The van der Waals surface area contributed by atoms with Crippen LogP contribution in [-0.2, 0) is 13.2 Å². The molecular formula is C19H25Cl2NO3. The van der Waals surface area contributed by atoms with Gasteiger partial charge in [-0.1, -0.05) is 29.8 Å². The van der Waals surface area contributed by atoms with Crippen LogP contribution in [0, 0.1) is 0 Å². The zero-order valence-corrected chi connectivity index (χ0v) is 16.1. The van der Waals surface area contributed by atoms with Gasteiger partial charge in [-0.15, -0.1) is 12.4 Å². The molecule has 0 aliphatic rings. The molecular weight excluding hydrogens is 361 g/mol. The summed E-state index contributed by atoms with van der Waals surface area (Å²) in [4.78, 5) is 0. The highest BCUT2D eigenvalue weighted by Gasteiger charge is 2.07.